The van der Waals surface area contributed by atoms with Gasteiger partial charge in [-0.3, -0.25) is 4.68 Å². The van der Waals surface area contributed by atoms with Crippen molar-refractivity contribution in [2.45, 2.75) is 51.9 Å². The minimum absolute atomic E-state index is 0.548. The topological polar surface area (TPSA) is 17.8 Å². The molecular formula is C12H21BrN2. The van der Waals surface area contributed by atoms with Crippen molar-refractivity contribution in [3.05, 3.63) is 17.5 Å². The Labute approximate surface area is 101 Å². The second kappa shape index (κ2) is 5.69. The van der Waals surface area contributed by atoms with Gasteiger partial charge in [-0.1, -0.05) is 43.6 Å². The van der Waals surface area contributed by atoms with Crippen molar-refractivity contribution in [3.8, 4) is 0 Å². The molecule has 0 aliphatic carbocycles. The molecule has 0 spiro atoms. The number of nitrogens with zero attached hydrogens (tertiary/aromatic N) is 2. The molecule has 1 rings (SSSR count). The molecule has 15 heavy (non-hydrogen) atoms. The summed E-state index contributed by atoms with van der Waals surface area (Å²) in [7, 11) is 0. The Morgan fingerprint density at radius 1 is 1.33 bits per heavy atom. The van der Waals surface area contributed by atoms with E-state index in [0.29, 0.717) is 5.92 Å². The first kappa shape index (κ1) is 12.8. The number of hydrogen-bond donors (Lipinski definition) is 0. The van der Waals surface area contributed by atoms with Crippen LogP contribution in [0.1, 0.15) is 51.3 Å². The molecule has 0 atom stereocenters. The summed E-state index contributed by atoms with van der Waals surface area (Å²) in [6.45, 7) is 10.0. The van der Waals surface area contributed by atoms with Gasteiger partial charge in [0.05, 0.1) is 6.20 Å². The molecule has 0 aromatic carbocycles. The van der Waals surface area contributed by atoms with Crippen LogP contribution in [0.15, 0.2) is 6.20 Å². The Kier molecular flexibility index (Phi) is 4.84. The average Bonchev–Trinajstić information content (AvgIpc) is 2.57. The first-order valence-corrected chi connectivity index (χ1v) is 6.79. The largest absolute Gasteiger partial charge is 0.269 e. The van der Waals surface area contributed by atoms with E-state index in [2.05, 4.69) is 53.4 Å². The standard InChI is InChI=1S/C12H21BrN2/c1-9(2)5-6-15-12(10(3)4)11(7-13)8-14-15/h8-10H,5-7H2,1-4H3. The maximum atomic E-state index is 4.47. The maximum Gasteiger partial charge on any atom is 0.0533 e. The maximum absolute atomic E-state index is 4.47. The van der Waals surface area contributed by atoms with Gasteiger partial charge in [0, 0.05) is 23.1 Å². The van der Waals surface area contributed by atoms with Crippen LogP contribution in [0.5, 0.6) is 0 Å². The highest BCUT2D eigenvalue weighted by Gasteiger charge is 2.13. The number of aromatic nitrogens is 2. The van der Waals surface area contributed by atoms with Crippen molar-refractivity contribution < 1.29 is 0 Å². The number of rotatable bonds is 5. The molecule has 0 bridgehead atoms. The van der Waals surface area contributed by atoms with Gasteiger partial charge < -0.3 is 0 Å². The van der Waals surface area contributed by atoms with E-state index in [0.717, 1.165) is 17.8 Å². The van der Waals surface area contributed by atoms with Crippen molar-refractivity contribution in [1.29, 1.82) is 0 Å². The summed E-state index contributed by atoms with van der Waals surface area (Å²) >= 11 is 3.52. The summed E-state index contributed by atoms with van der Waals surface area (Å²) in [4.78, 5) is 0. The highest BCUT2D eigenvalue weighted by molar-refractivity contribution is 9.08. The van der Waals surface area contributed by atoms with E-state index in [1.807, 2.05) is 6.20 Å². The SMILES string of the molecule is CC(C)CCn1ncc(CBr)c1C(C)C. The Bertz CT molecular complexity index is 303. The van der Waals surface area contributed by atoms with Crippen LogP contribution >= 0.6 is 15.9 Å². The van der Waals surface area contributed by atoms with Gasteiger partial charge >= 0.3 is 0 Å². The summed E-state index contributed by atoms with van der Waals surface area (Å²) in [6.07, 6.45) is 3.19. The zero-order chi connectivity index (χ0) is 11.4. The van der Waals surface area contributed by atoms with Gasteiger partial charge in [-0.15, -0.1) is 0 Å². The van der Waals surface area contributed by atoms with E-state index < -0.39 is 0 Å². The second-order valence-electron chi connectivity index (χ2n) is 4.75. The van der Waals surface area contributed by atoms with E-state index in [1.54, 1.807) is 0 Å². The summed E-state index contributed by atoms with van der Waals surface area (Å²) in [5.41, 5.74) is 2.71. The molecule has 0 amide bonds. The van der Waals surface area contributed by atoms with Gasteiger partial charge in [0.2, 0.25) is 0 Å². The fourth-order valence-electron chi connectivity index (χ4n) is 1.76. The van der Waals surface area contributed by atoms with Crippen molar-refractivity contribution in [2.24, 2.45) is 5.92 Å². The van der Waals surface area contributed by atoms with Crippen LogP contribution in [0.25, 0.3) is 0 Å². The van der Waals surface area contributed by atoms with E-state index in [1.165, 1.54) is 17.7 Å². The Hall–Kier alpha value is -0.310. The minimum atomic E-state index is 0.548. The molecule has 1 heterocycles. The van der Waals surface area contributed by atoms with E-state index in [9.17, 15) is 0 Å². The predicted molar refractivity (Wildman–Crippen MR) is 68.4 cm³/mol. The summed E-state index contributed by atoms with van der Waals surface area (Å²) < 4.78 is 2.17. The minimum Gasteiger partial charge on any atom is -0.269 e. The third-order valence-electron chi connectivity index (χ3n) is 2.57. The van der Waals surface area contributed by atoms with E-state index in [-0.39, 0.29) is 0 Å². The monoisotopic (exact) mass is 272 g/mol. The molecule has 86 valence electrons. The Balaban J connectivity index is 2.82. The van der Waals surface area contributed by atoms with Crippen LogP contribution in [0.3, 0.4) is 0 Å². The van der Waals surface area contributed by atoms with Gasteiger partial charge in [-0.25, -0.2) is 0 Å². The van der Waals surface area contributed by atoms with Crippen molar-refractivity contribution in [2.75, 3.05) is 0 Å². The fraction of sp³-hybridized carbons (Fsp3) is 0.750. The smallest absolute Gasteiger partial charge is 0.0533 e. The number of aryl methyl sites for hydroxylation is 1. The lowest BCUT2D eigenvalue weighted by atomic mass is 10.1. The molecule has 1 aromatic rings. The molecule has 0 saturated heterocycles. The van der Waals surface area contributed by atoms with Crippen LogP contribution in [0.2, 0.25) is 0 Å². The highest BCUT2D eigenvalue weighted by Crippen LogP contribution is 2.22. The normalized spacial score (nSPS) is 11.7. The Morgan fingerprint density at radius 3 is 2.47 bits per heavy atom. The van der Waals surface area contributed by atoms with Crippen LogP contribution in [0.4, 0.5) is 0 Å². The number of alkyl halides is 1. The molecule has 1 aromatic heterocycles. The van der Waals surface area contributed by atoms with Gasteiger partial charge in [0.15, 0.2) is 0 Å². The fourth-order valence-corrected chi connectivity index (χ4v) is 2.20. The van der Waals surface area contributed by atoms with Crippen LogP contribution in [0, 0.1) is 5.92 Å². The first-order valence-electron chi connectivity index (χ1n) is 5.66. The zero-order valence-electron chi connectivity index (χ0n) is 10.1. The predicted octanol–water partition coefficient (Wildman–Crippen LogP) is 3.95. The van der Waals surface area contributed by atoms with Crippen LogP contribution < -0.4 is 0 Å². The third-order valence-corrected chi connectivity index (χ3v) is 3.17. The highest BCUT2D eigenvalue weighted by atomic mass is 79.9. The molecule has 0 fully saturated rings. The molecular weight excluding hydrogens is 252 g/mol. The Morgan fingerprint density at radius 2 is 2.00 bits per heavy atom. The summed E-state index contributed by atoms with van der Waals surface area (Å²) in [6, 6.07) is 0. The lowest BCUT2D eigenvalue weighted by molar-refractivity contribution is 0.469. The number of hydrogen-bond acceptors (Lipinski definition) is 1. The van der Waals surface area contributed by atoms with Gasteiger partial charge in [-0.05, 0) is 18.3 Å². The van der Waals surface area contributed by atoms with E-state index in [4.69, 9.17) is 0 Å². The quantitative estimate of drug-likeness (QED) is 0.743. The average molecular weight is 273 g/mol. The number of halogens is 1. The molecule has 0 N–H and O–H groups in total. The summed E-state index contributed by atoms with van der Waals surface area (Å²) in [5, 5.41) is 5.37. The second-order valence-corrected chi connectivity index (χ2v) is 5.31. The third kappa shape index (κ3) is 3.33. The molecule has 3 heteroatoms. The lowest BCUT2D eigenvalue weighted by Gasteiger charge is -2.13. The molecule has 0 saturated carbocycles. The van der Waals surface area contributed by atoms with E-state index >= 15 is 0 Å². The van der Waals surface area contributed by atoms with Gasteiger partial charge in [-0.2, -0.15) is 5.10 Å². The summed E-state index contributed by atoms with van der Waals surface area (Å²) in [5.74, 6) is 1.29. The molecule has 0 radical (unpaired) electrons. The zero-order valence-corrected chi connectivity index (χ0v) is 11.7. The first-order chi connectivity index (χ1) is 7.06. The van der Waals surface area contributed by atoms with Gasteiger partial charge in [0.1, 0.15) is 0 Å². The molecule has 0 aliphatic rings. The molecule has 0 aliphatic heterocycles. The van der Waals surface area contributed by atoms with Crippen molar-refractivity contribution in [1.82, 2.24) is 9.78 Å². The van der Waals surface area contributed by atoms with Crippen LogP contribution in [-0.2, 0) is 11.9 Å². The molecule has 2 nitrogen and oxygen atoms in total. The van der Waals surface area contributed by atoms with Crippen molar-refractivity contribution in [3.63, 3.8) is 0 Å². The molecule has 0 unspecified atom stereocenters. The van der Waals surface area contributed by atoms with Gasteiger partial charge in [0.25, 0.3) is 0 Å². The lowest BCUT2D eigenvalue weighted by Crippen LogP contribution is -2.09. The van der Waals surface area contributed by atoms with Crippen LogP contribution in [-0.4, -0.2) is 9.78 Å². The van der Waals surface area contributed by atoms with Crippen molar-refractivity contribution >= 4 is 15.9 Å².